The summed E-state index contributed by atoms with van der Waals surface area (Å²) >= 11 is 0. The molecule has 3 fully saturated rings. The first kappa shape index (κ1) is 7.85. The van der Waals surface area contributed by atoms with Crippen molar-refractivity contribution in [2.24, 2.45) is 0 Å². The minimum Gasteiger partial charge on any atom is -0.386 e. The Hall–Kier alpha value is -0.380. The average molecular weight is 194 g/mol. The molecular formula is C11H14O3. The van der Waals surface area contributed by atoms with Crippen molar-refractivity contribution in [2.45, 2.75) is 48.6 Å². The molecule has 0 bridgehead atoms. The number of hydrogen-bond donors (Lipinski definition) is 1. The smallest absolute Gasteiger partial charge is 0.153 e. The zero-order valence-electron chi connectivity index (χ0n) is 8.03. The van der Waals surface area contributed by atoms with E-state index >= 15 is 0 Å². The molecule has 1 spiro atoms. The van der Waals surface area contributed by atoms with Crippen molar-refractivity contribution in [1.29, 1.82) is 0 Å². The van der Waals surface area contributed by atoms with E-state index in [-0.39, 0.29) is 16.8 Å². The highest BCUT2D eigenvalue weighted by atomic mass is 16.7. The van der Waals surface area contributed by atoms with Crippen molar-refractivity contribution in [3.05, 3.63) is 12.2 Å². The predicted molar refractivity (Wildman–Crippen MR) is 48.8 cm³/mol. The van der Waals surface area contributed by atoms with Gasteiger partial charge in [-0.3, -0.25) is 0 Å². The van der Waals surface area contributed by atoms with Crippen molar-refractivity contribution in [1.82, 2.24) is 0 Å². The summed E-state index contributed by atoms with van der Waals surface area (Å²) in [6, 6.07) is 0. The van der Waals surface area contributed by atoms with Crippen LogP contribution in [0.5, 0.6) is 0 Å². The van der Waals surface area contributed by atoms with E-state index in [0.29, 0.717) is 6.61 Å². The van der Waals surface area contributed by atoms with Crippen molar-refractivity contribution in [3.63, 3.8) is 0 Å². The second-order valence-electron chi connectivity index (χ2n) is 5.01. The standard InChI is InChI=1S/C11H14O3/c12-8-3-6-9-4-1-2-5-11(9,14-9)10(8)7-13-10/h3,6,8,12H,1-2,4-5,7H2. The van der Waals surface area contributed by atoms with Gasteiger partial charge >= 0.3 is 0 Å². The van der Waals surface area contributed by atoms with Gasteiger partial charge in [0.25, 0.3) is 0 Å². The monoisotopic (exact) mass is 194 g/mol. The second-order valence-corrected chi connectivity index (χ2v) is 5.01. The molecule has 14 heavy (non-hydrogen) atoms. The minimum absolute atomic E-state index is 0.0685. The highest BCUT2D eigenvalue weighted by Crippen LogP contribution is 2.70. The molecule has 0 aromatic heterocycles. The number of hydrogen-bond acceptors (Lipinski definition) is 3. The molecule has 4 unspecified atom stereocenters. The molecule has 2 aliphatic heterocycles. The summed E-state index contributed by atoms with van der Waals surface area (Å²) in [5.41, 5.74) is -0.602. The van der Waals surface area contributed by atoms with Gasteiger partial charge in [-0.15, -0.1) is 0 Å². The highest BCUT2D eigenvalue weighted by Gasteiger charge is 2.85. The fraction of sp³-hybridized carbons (Fsp3) is 0.818. The van der Waals surface area contributed by atoms with Crippen LogP contribution in [0.2, 0.25) is 0 Å². The van der Waals surface area contributed by atoms with E-state index in [1.807, 2.05) is 6.08 Å². The lowest BCUT2D eigenvalue weighted by molar-refractivity contribution is 0.0408. The van der Waals surface area contributed by atoms with Crippen LogP contribution in [0.15, 0.2) is 12.2 Å². The van der Waals surface area contributed by atoms with Crippen LogP contribution < -0.4 is 0 Å². The summed E-state index contributed by atoms with van der Waals surface area (Å²) in [5, 5.41) is 9.94. The van der Waals surface area contributed by atoms with Gasteiger partial charge in [-0.05, 0) is 12.8 Å². The van der Waals surface area contributed by atoms with Gasteiger partial charge in [0.1, 0.15) is 17.3 Å². The van der Waals surface area contributed by atoms with Crippen LogP contribution in [-0.2, 0) is 9.47 Å². The first-order chi connectivity index (χ1) is 6.75. The SMILES string of the molecule is OC1C=CC23CCCCC2(O3)C12CO2. The summed E-state index contributed by atoms with van der Waals surface area (Å²) in [6.07, 6.45) is 8.06. The second kappa shape index (κ2) is 1.94. The Bertz CT molecular complexity index is 333. The van der Waals surface area contributed by atoms with Crippen LogP contribution in [0.1, 0.15) is 25.7 Å². The molecule has 4 aliphatic rings. The van der Waals surface area contributed by atoms with E-state index < -0.39 is 6.10 Å². The molecule has 0 aromatic rings. The first-order valence-electron chi connectivity index (χ1n) is 5.46. The maximum atomic E-state index is 9.94. The summed E-state index contributed by atoms with van der Waals surface area (Å²) in [6.45, 7) is 0.667. The molecule has 4 atom stereocenters. The summed E-state index contributed by atoms with van der Waals surface area (Å²) < 4.78 is 11.5. The molecule has 0 amide bonds. The topological polar surface area (TPSA) is 45.3 Å². The third-order valence-electron chi connectivity index (χ3n) is 4.49. The van der Waals surface area contributed by atoms with Crippen molar-refractivity contribution in [2.75, 3.05) is 6.61 Å². The molecule has 0 aromatic carbocycles. The fourth-order valence-electron chi connectivity index (χ4n) is 3.59. The van der Waals surface area contributed by atoms with E-state index in [2.05, 4.69) is 6.08 Å². The lowest BCUT2D eigenvalue weighted by Gasteiger charge is -2.33. The number of epoxide rings is 2. The maximum Gasteiger partial charge on any atom is 0.153 e. The molecule has 2 aliphatic carbocycles. The van der Waals surface area contributed by atoms with E-state index in [4.69, 9.17) is 9.47 Å². The summed E-state index contributed by atoms with van der Waals surface area (Å²) in [5.74, 6) is 0. The Balaban J connectivity index is 1.86. The van der Waals surface area contributed by atoms with Crippen LogP contribution in [0.3, 0.4) is 0 Å². The Morgan fingerprint density at radius 3 is 2.86 bits per heavy atom. The molecule has 1 saturated carbocycles. The molecular weight excluding hydrogens is 180 g/mol. The Labute approximate surface area is 82.7 Å². The lowest BCUT2D eigenvalue weighted by Crippen LogP contribution is -2.51. The van der Waals surface area contributed by atoms with E-state index in [1.54, 1.807) is 0 Å². The van der Waals surface area contributed by atoms with Gasteiger partial charge in [-0.2, -0.15) is 0 Å². The van der Waals surface area contributed by atoms with Gasteiger partial charge < -0.3 is 14.6 Å². The Morgan fingerprint density at radius 1 is 1.29 bits per heavy atom. The molecule has 3 nitrogen and oxygen atoms in total. The third-order valence-corrected chi connectivity index (χ3v) is 4.49. The van der Waals surface area contributed by atoms with Gasteiger partial charge in [0.2, 0.25) is 0 Å². The van der Waals surface area contributed by atoms with E-state index in [1.165, 1.54) is 12.8 Å². The molecule has 3 heteroatoms. The van der Waals surface area contributed by atoms with Crippen LogP contribution in [0.4, 0.5) is 0 Å². The van der Waals surface area contributed by atoms with Crippen molar-refractivity contribution in [3.8, 4) is 0 Å². The lowest BCUT2D eigenvalue weighted by atomic mass is 9.67. The number of aliphatic hydroxyl groups is 1. The normalized spacial score (nSPS) is 63.4. The van der Waals surface area contributed by atoms with Gasteiger partial charge in [0.05, 0.1) is 6.61 Å². The van der Waals surface area contributed by atoms with Gasteiger partial charge in [0, 0.05) is 0 Å². The predicted octanol–water partition coefficient (Wildman–Crippen LogP) is 0.768. The zero-order chi connectivity index (χ0) is 9.44. The summed E-state index contributed by atoms with van der Waals surface area (Å²) in [4.78, 5) is 0. The van der Waals surface area contributed by atoms with Crippen LogP contribution in [0, 0.1) is 0 Å². The molecule has 76 valence electrons. The van der Waals surface area contributed by atoms with E-state index in [9.17, 15) is 5.11 Å². The largest absolute Gasteiger partial charge is 0.386 e. The van der Waals surface area contributed by atoms with Gasteiger partial charge in [-0.1, -0.05) is 25.0 Å². The van der Waals surface area contributed by atoms with Crippen LogP contribution in [-0.4, -0.2) is 34.6 Å². The molecule has 0 radical (unpaired) electrons. The number of ether oxygens (including phenoxy) is 2. The Morgan fingerprint density at radius 2 is 2.07 bits per heavy atom. The summed E-state index contributed by atoms with van der Waals surface area (Å²) in [7, 11) is 0. The Kier molecular flexibility index (Phi) is 1.09. The van der Waals surface area contributed by atoms with E-state index in [0.717, 1.165) is 12.8 Å². The number of rotatable bonds is 0. The number of aliphatic hydroxyl groups excluding tert-OH is 1. The average Bonchev–Trinajstić information content (AvgIpc) is 3.05. The fourth-order valence-corrected chi connectivity index (χ4v) is 3.59. The minimum atomic E-state index is -0.462. The zero-order valence-corrected chi connectivity index (χ0v) is 8.03. The molecule has 4 rings (SSSR count). The first-order valence-corrected chi connectivity index (χ1v) is 5.46. The quantitative estimate of drug-likeness (QED) is 0.457. The maximum absolute atomic E-state index is 9.94. The van der Waals surface area contributed by atoms with Crippen LogP contribution >= 0.6 is 0 Å². The van der Waals surface area contributed by atoms with Crippen LogP contribution in [0.25, 0.3) is 0 Å². The molecule has 2 heterocycles. The molecule has 1 N–H and O–H groups in total. The highest BCUT2D eigenvalue weighted by molar-refractivity contribution is 5.42. The van der Waals surface area contributed by atoms with Crippen molar-refractivity contribution < 1.29 is 14.6 Å². The van der Waals surface area contributed by atoms with Gasteiger partial charge in [-0.25, -0.2) is 0 Å². The van der Waals surface area contributed by atoms with Crippen molar-refractivity contribution >= 4 is 0 Å². The van der Waals surface area contributed by atoms with Gasteiger partial charge in [0.15, 0.2) is 5.60 Å². The third kappa shape index (κ3) is 0.578. The molecule has 2 saturated heterocycles.